The summed E-state index contributed by atoms with van der Waals surface area (Å²) in [6.07, 6.45) is 4.31. The van der Waals surface area contributed by atoms with Crippen molar-refractivity contribution in [2.24, 2.45) is 4.99 Å². The fraction of sp³-hybridized carbons (Fsp3) is 0.750. The molecule has 1 aromatic rings. The molecule has 4 atom stereocenters. The quantitative estimate of drug-likeness (QED) is 0.308. The maximum Gasteiger partial charge on any atom is 0.191 e. The lowest BCUT2D eigenvalue weighted by molar-refractivity contribution is 0.0177. The number of nitrogens with zero attached hydrogens (tertiary/aromatic N) is 2. The van der Waals surface area contributed by atoms with Crippen LogP contribution in [0.5, 0.6) is 0 Å². The number of guanidine groups is 1. The Kier molecular flexibility index (Phi) is 11.4. The van der Waals surface area contributed by atoms with E-state index in [9.17, 15) is 4.21 Å². The molecule has 0 amide bonds. The molecule has 1 aliphatic carbocycles. The van der Waals surface area contributed by atoms with Gasteiger partial charge in [-0.2, -0.15) is 0 Å². The van der Waals surface area contributed by atoms with E-state index in [0.29, 0.717) is 17.3 Å². The van der Waals surface area contributed by atoms with Crippen molar-refractivity contribution in [1.82, 2.24) is 15.5 Å². The van der Waals surface area contributed by atoms with Crippen molar-refractivity contribution in [3.63, 3.8) is 0 Å². The highest BCUT2D eigenvalue weighted by Gasteiger charge is 2.27. The normalized spacial score (nSPS) is 25.7. The summed E-state index contributed by atoms with van der Waals surface area (Å²) in [6, 6.07) is 5.02. The molecule has 29 heavy (non-hydrogen) atoms. The zero-order chi connectivity index (χ0) is 19.8. The van der Waals surface area contributed by atoms with Gasteiger partial charge in [0.2, 0.25) is 0 Å². The fourth-order valence-electron chi connectivity index (χ4n) is 4.11. The van der Waals surface area contributed by atoms with E-state index in [-0.39, 0.29) is 24.0 Å². The van der Waals surface area contributed by atoms with E-state index in [0.717, 1.165) is 70.2 Å². The smallest absolute Gasteiger partial charge is 0.191 e. The number of aliphatic imine (C=N–C) groups is 1. The van der Waals surface area contributed by atoms with Gasteiger partial charge in [0.05, 0.1) is 19.3 Å². The first-order chi connectivity index (χ1) is 13.7. The van der Waals surface area contributed by atoms with Crippen molar-refractivity contribution in [2.45, 2.75) is 49.9 Å². The molecule has 4 unspecified atom stereocenters. The molecule has 2 heterocycles. The topological polar surface area (TPSA) is 66.0 Å². The maximum absolute atomic E-state index is 12.2. The largest absolute Gasteiger partial charge is 0.379 e. The average molecular weight is 555 g/mol. The van der Waals surface area contributed by atoms with Crippen LogP contribution in [-0.2, 0) is 15.5 Å². The number of thiophene rings is 1. The first kappa shape index (κ1) is 25.0. The van der Waals surface area contributed by atoms with Crippen molar-refractivity contribution in [2.75, 3.05) is 45.6 Å². The Morgan fingerprint density at radius 3 is 2.86 bits per heavy atom. The minimum absolute atomic E-state index is 0. The second-order valence-electron chi connectivity index (χ2n) is 7.43. The summed E-state index contributed by atoms with van der Waals surface area (Å²) in [5.41, 5.74) is 0. The van der Waals surface area contributed by atoms with Crippen molar-refractivity contribution < 1.29 is 8.95 Å². The summed E-state index contributed by atoms with van der Waals surface area (Å²) in [5, 5.41) is 9.60. The first-order valence-corrected chi connectivity index (χ1v) is 12.7. The summed E-state index contributed by atoms with van der Waals surface area (Å²) in [4.78, 5) is 8.32. The van der Waals surface area contributed by atoms with Crippen LogP contribution in [0.15, 0.2) is 22.5 Å². The third-order valence-electron chi connectivity index (χ3n) is 5.67. The van der Waals surface area contributed by atoms with Crippen LogP contribution in [0.1, 0.15) is 43.5 Å². The molecular formula is C20H35IN4O2S2. The van der Waals surface area contributed by atoms with E-state index in [1.54, 1.807) is 0 Å². The Morgan fingerprint density at radius 1 is 1.41 bits per heavy atom. The van der Waals surface area contributed by atoms with E-state index in [4.69, 9.17) is 4.74 Å². The Bertz CT molecular complexity index is 638. The zero-order valence-corrected chi connectivity index (χ0v) is 21.4. The summed E-state index contributed by atoms with van der Waals surface area (Å²) >= 11 is 1.81. The molecule has 6 nitrogen and oxygen atoms in total. The van der Waals surface area contributed by atoms with Gasteiger partial charge in [-0.1, -0.05) is 19.4 Å². The molecule has 9 heteroatoms. The van der Waals surface area contributed by atoms with E-state index in [2.05, 4.69) is 38.0 Å². The van der Waals surface area contributed by atoms with Gasteiger partial charge >= 0.3 is 0 Å². The van der Waals surface area contributed by atoms with Gasteiger partial charge in [0.25, 0.3) is 0 Å². The fourth-order valence-corrected chi connectivity index (χ4v) is 6.32. The number of nitrogens with one attached hydrogen (secondary N) is 2. The Balaban J connectivity index is 0.00000300. The molecule has 2 fully saturated rings. The lowest BCUT2D eigenvalue weighted by Crippen LogP contribution is -2.49. The van der Waals surface area contributed by atoms with E-state index in [1.807, 2.05) is 25.3 Å². The highest BCUT2D eigenvalue weighted by molar-refractivity contribution is 14.0. The van der Waals surface area contributed by atoms with Gasteiger partial charge in [-0.3, -0.25) is 14.1 Å². The van der Waals surface area contributed by atoms with E-state index in [1.165, 1.54) is 4.88 Å². The van der Waals surface area contributed by atoms with Gasteiger partial charge in [0.1, 0.15) is 0 Å². The van der Waals surface area contributed by atoms with Gasteiger partial charge in [-0.15, -0.1) is 35.3 Å². The number of morpholine rings is 1. The summed E-state index contributed by atoms with van der Waals surface area (Å²) in [6.45, 7) is 6.35. The molecule has 0 aromatic carbocycles. The zero-order valence-electron chi connectivity index (χ0n) is 17.5. The lowest BCUT2D eigenvalue weighted by Gasteiger charge is -2.35. The second-order valence-corrected chi connectivity index (χ2v) is 10.4. The second kappa shape index (κ2) is 13.2. The molecular weight excluding hydrogens is 519 g/mol. The van der Waals surface area contributed by atoms with Gasteiger partial charge in [-0.05, 0) is 30.7 Å². The highest BCUT2D eigenvalue weighted by Crippen LogP contribution is 2.26. The minimum Gasteiger partial charge on any atom is -0.379 e. The average Bonchev–Trinajstić information content (AvgIpc) is 3.28. The Labute approximate surface area is 198 Å². The van der Waals surface area contributed by atoms with Crippen molar-refractivity contribution >= 4 is 52.1 Å². The van der Waals surface area contributed by atoms with Crippen molar-refractivity contribution in [3.05, 3.63) is 22.4 Å². The van der Waals surface area contributed by atoms with Crippen LogP contribution in [0.25, 0.3) is 0 Å². The van der Waals surface area contributed by atoms with Crippen LogP contribution >= 0.6 is 35.3 Å². The predicted molar refractivity (Wildman–Crippen MR) is 134 cm³/mol. The van der Waals surface area contributed by atoms with Crippen LogP contribution in [-0.4, -0.2) is 72.0 Å². The molecule has 1 saturated carbocycles. The van der Waals surface area contributed by atoms with Gasteiger partial charge < -0.3 is 15.4 Å². The molecule has 0 bridgehead atoms. The molecule has 2 aliphatic rings. The van der Waals surface area contributed by atoms with Gasteiger partial charge in [0, 0.05) is 59.4 Å². The number of rotatable bonds is 7. The van der Waals surface area contributed by atoms with E-state index >= 15 is 0 Å². The molecule has 3 rings (SSSR count). The molecule has 166 valence electrons. The van der Waals surface area contributed by atoms with Crippen molar-refractivity contribution in [1.29, 1.82) is 0 Å². The van der Waals surface area contributed by atoms with Crippen LogP contribution in [0, 0.1) is 0 Å². The van der Waals surface area contributed by atoms with Crippen LogP contribution in [0.3, 0.4) is 0 Å². The van der Waals surface area contributed by atoms with Crippen LogP contribution in [0.2, 0.25) is 0 Å². The lowest BCUT2D eigenvalue weighted by atomic mass is 9.95. The maximum atomic E-state index is 12.2. The molecule has 1 aliphatic heterocycles. The molecule has 0 spiro atoms. The summed E-state index contributed by atoms with van der Waals surface area (Å²) in [7, 11) is 1.12. The number of hydrogen-bond acceptors (Lipinski definition) is 5. The third-order valence-corrected chi connectivity index (χ3v) is 8.38. The van der Waals surface area contributed by atoms with Crippen molar-refractivity contribution in [3.8, 4) is 0 Å². The minimum atomic E-state index is -0.703. The number of halogens is 1. The number of ether oxygens (including phenoxy) is 1. The predicted octanol–water partition coefficient (Wildman–Crippen LogP) is 2.98. The summed E-state index contributed by atoms with van der Waals surface area (Å²) in [5.74, 6) is 1.61. The first-order valence-electron chi connectivity index (χ1n) is 10.4. The van der Waals surface area contributed by atoms with E-state index < -0.39 is 10.8 Å². The number of hydrogen-bond donors (Lipinski definition) is 2. The Hall–Kier alpha value is -0.230. The Morgan fingerprint density at radius 2 is 2.21 bits per heavy atom. The summed E-state index contributed by atoms with van der Waals surface area (Å²) < 4.78 is 17.7. The molecule has 0 radical (unpaired) electrons. The van der Waals surface area contributed by atoms with Gasteiger partial charge in [-0.25, -0.2) is 0 Å². The molecule has 1 saturated heterocycles. The SMILES string of the molecule is CCS(=O)C1CCCC(NC(=NC)NCC(c2cccs2)N2CCOCC2)C1.I. The van der Waals surface area contributed by atoms with Gasteiger partial charge in [0.15, 0.2) is 5.96 Å². The molecule has 2 N–H and O–H groups in total. The van der Waals surface area contributed by atoms with Crippen LogP contribution in [0.4, 0.5) is 0 Å². The van der Waals surface area contributed by atoms with Crippen LogP contribution < -0.4 is 10.6 Å². The molecule has 1 aromatic heterocycles. The highest BCUT2D eigenvalue weighted by atomic mass is 127. The monoisotopic (exact) mass is 554 g/mol. The standard InChI is InChI=1S/C20H34N4O2S2.HI/c1-3-28(25)17-7-4-6-16(14-17)23-20(21-2)22-15-18(19-8-5-13-27-19)24-9-11-26-12-10-24;/h5,8,13,16-18H,3-4,6-7,9-12,14-15H2,1-2H3,(H2,21,22,23);1H. The third kappa shape index (κ3) is 7.45.